The fraction of sp³-hybridized carbons (Fsp3) is 0.600. The van der Waals surface area contributed by atoms with Gasteiger partial charge in [0.1, 0.15) is 0 Å². The first-order chi connectivity index (χ1) is 8.31. The molecule has 2 heteroatoms. The highest BCUT2D eigenvalue weighted by atomic mass is 16.3. The standard InChI is InChI=1S/C15H23NO/c1-13(14-7-3-2-4-8-14)11-16-10-6-5-9-15(16)12-17/h2-4,7-8,13,15,17H,5-6,9-12H2,1H3/t13?,15-/m1/s1. The summed E-state index contributed by atoms with van der Waals surface area (Å²) in [6.45, 7) is 4.79. The topological polar surface area (TPSA) is 23.5 Å². The Labute approximate surface area is 104 Å². The van der Waals surface area contributed by atoms with Crippen LogP contribution in [0.15, 0.2) is 30.3 Å². The lowest BCUT2D eigenvalue weighted by atomic mass is 9.97. The highest BCUT2D eigenvalue weighted by Crippen LogP contribution is 2.22. The molecule has 1 aliphatic heterocycles. The van der Waals surface area contributed by atoms with E-state index in [4.69, 9.17) is 0 Å². The molecule has 0 aromatic heterocycles. The monoisotopic (exact) mass is 233 g/mol. The van der Waals surface area contributed by atoms with Crippen LogP contribution in [0.4, 0.5) is 0 Å². The minimum atomic E-state index is 0.307. The van der Waals surface area contributed by atoms with E-state index in [1.165, 1.54) is 18.4 Å². The van der Waals surface area contributed by atoms with E-state index >= 15 is 0 Å². The highest BCUT2D eigenvalue weighted by molar-refractivity contribution is 5.19. The number of rotatable bonds is 4. The molecule has 0 aliphatic carbocycles. The van der Waals surface area contributed by atoms with Gasteiger partial charge in [0.05, 0.1) is 6.61 Å². The summed E-state index contributed by atoms with van der Waals surface area (Å²) in [6, 6.07) is 11.0. The summed E-state index contributed by atoms with van der Waals surface area (Å²) in [4.78, 5) is 2.46. The Morgan fingerprint density at radius 1 is 1.29 bits per heavy atom. The maximum atomic E-state index is 9.40. The Balaban J connectivity index is 1.95. The molecule has 2 rings (SSSR count). The average Bonchev–Trinajstić information content (AvgIpc) is 2.40. The lowest BCUT2D eigenvalue weighted by Crippen LogP contribution is -2.43. The Morgan fingerprint density at radius 2 is 2.06 bits per heavy atom. The summed E-state index contributed by atoms with van der Waals surface area (Å²) in [5, 5.41) is 9.40. The molecule has 1 heterocycles. The molecule has 1 aromatic carbocycles. The zero-order chi connectivity index (χ0) is 12.1. The van der Waals surface area contributed by atoms with Crippen LogP contribution in [0.2, 0.25) is 0 Å². The molecule has 1 saturated heterocycles. The molecule has 0 bridgehead atoms. The van der Waals surface area contributed by atoms with Crippen LogP contribution in [0.1, 0.15) is 37.7 Å². The van der Waals surface area contributed by atoms with Crippen molar-refractivity contribution < 1.29 is 5.11 Å². The Morgan fingerprint density at radius 3 is 2.76 bits per heavy atom. The van der Waals surface area contributed by atoms with Crippen LogP contribution >= 0.6 is 0 Å². The summed E-state index contributed by atoms with van der Waals surface area (Å²) in [6.07, 6.45) is 3.69. The summed E-state index contributed by atoms with van der Waals surface area (Å²) in [7, 11) is 0. The van der Waals surface area contributed by atoms with Gasteiger partial charge >= 0.3 is 0 Å². The first-order valence-electron chi connectivity index (χ1n) is 6.71. The maximum Gasteiger partial charge on any atom is 0.0586 e. The number of benzene rings is 1. The van der Waals surface area contributed by atoms with Crippen molar-refractivity contribution >= 4 is 0 Å². The van der Waals surface area contributed by atoms with Gasteiger partial charge in [0, 0.05) is 12.6 Å². The number of aliphatic hydroxyl groups excluding tert-OH is 1. The van der Waals surface area contributed by atoms with Crippen molar-refractivity contribution in [3.63, 3.8) is 0 Å². The third kappa shape index (κ3) is 3.30. The molecule has 94 valence electrons. The van der Waals surface area contributed by atoms with Crippen LogP contribution < -0.4 is 0 Å². The molecular formula is C15H23NO. The van der Waals surface area contributed by atoms with Gasteiger partial charge in [0.25, 0.3) is 0 Å². The predicted molar refractivity (Wildman–Crippen MR) is 71.2 cm³/mol. The molecule has 0 amide bonds. The van der Waals surface area contributed by atoms with E-state index in [0.29, 0.717) is 18.6 Å². The summed E-state index contributed by atoms with van der Waals surface area (Å²) < 4.78 is 0. The SMILES string of the molecule is CC(CN1CCCC[C@@H]1CO)c1ccccc1. The van der Waals surface area contributed by atoms with Gasteiger partial charge in [-0.05, 0) is 30.9 Å². The zero-order valence-corrected chi connectivity index (χ0v) is 10.7. The Kier molecular flexibility index (Phi) is 4.57. The predicted octanol–water partition coefficient (Wildman–Crippen LogP) is 2.64. The van der Waals surface area contributed by atoms with Crippen LogP contribution in [0.3, 0.4) is 0 Å². The molecule has 1 aliphatic rings. The van der Waals surface area contributed by atoms with Gasteiger partial charge in [-0.2, -0.15) is 0 Å². The third-order valence-electron chi connectivity index (χ3n) is 3.84. The van der Waals surface area contributed by atoms with Crippen LogP contribution in [0, 0.1) is 0 Å². The quantitative estimate of drug-likeness (QED) is 0.864. The van der Waals surface area contributed by atoms with E-state index in [9.17, 15) is 5.11 Å². The van der Waals surface area contributed by atoms with E-state index in [1.54, 1.807) is 0 Å². The second-order valence-corrected chi connectivity index (χ2v) is 5.14. The molecule has 1 fully saturated rings. The number of hydrogen-bond acceptors (Lipinski definition) is 2. The van der Waals surface area contributed by atoms with Crippen molar-refractivity contribution in [1.82, 2.24) is 4.90 Å². The minimum Gasteiger partial charge on any atom is -0.395 e. The molecule has 17 heavy (non-hydrogen) atoms. The number of nitrogens with zero attached hydrogens (tertiary/aromatic N) is 1. The van der Waals surface area contributed by atoms with Crippen molar-refractivity contribution in [3.8, 4) is 0 Å². The van der Waals surface area contributed by atoms with E-state index < -0.39 is 0 Å². The van der Waals surface area contributed by atoms with Crippen LogP contribution in [0.5, 0.6) is 0 Å². The second kappa shape index (κ2) is 6.18. The normalized spacial score (nSPS) is 23.5. The maximum absolute atomic E-state index is 9.40. The van der Waals surface area contributed by atoms with Gasteiger partial charge in [-0.1, -0.05) is 43.7 Å². The first kappa shape index (κ1) is 12.6. The van der Waals surface area contributed by atoms with Gasteiger partial charge in [0.2, 0.25) is 0 Å². The van der Waals surface area contributed by atoms with E-state index in [1.807, 2.05) is 0 Å². The lowest BCUT2D eigenvalue weighted by molar-refractivity contribution is 0.0860. The summed E-state index contributed by atoms with van der Waals surface area (Å²) in [5.74, 6) is 0.545. The molecule has 2 atom stereocenters. The summed E-state index contributed by atoms with van der Waals surface area (Å²) >= 11 is 0. The van der Waals surface area contributed by atoms with E-state index in [2.05, 4.69) is 42.2 Å². The number of piperidine rings is 1. The molecule has 1 unspecified atom stereocenters. The average molecular weight is 233 g/mol. The Hall–Kier alpha value is -0.860. The zero-order valence-electron chi connectivity index (χ0n) is 10.7. The molecule has 2 nitrogen and oxygen atoms in total. The van der Waals surface area contributed by atoms with Crippen molar-refractivity contribution in [3.05, 3.63) is 35.9 Å². The third-order valence-corrected chi connectivity index (χ3v) is 3.84. The van der Waals surface area contributed by atoms with Crippen LogP contribution in [-0.4, -0.2) is 35.7 Å². The van der Waals surface area contributed by atoms with Crippen molar-refractivity contribution in [1.29, 1.82) is 0 Å². The largest absolute Gasteiger partial charge is 0.395 e. The number of hydrogen-bond donors (Lipinski definition) is 1. The van der Waals surface area contributed by atoms with Crippen LogP contribution in [0.25, 0.3) is 0 Å². The Bertz CT molecular complexity index is 325. The van der Waals surface area contributed by atoms with E-state index in [0.717, 1.165) is 19.5 Å². The first-order valence-corrected chi connectivity index (χ1v) is 6.71. The molecular weight excluding hydrogens is 210 g/mol. The summed E-state index contributed by atoms with van der Waals surface area (Å²) in [5.41, 5.74) is 1.40. The van der Waals surface area contributed by atoms with E-state index in [-0.39, 0.29) is 0 Å². The minimum absolute atomic E-state index is 0.307. The van der Waals surface area contributed by atoms with Gasteiger partial charge in [0.15, 0.2) is 0 Å². The van der Waals surface area contributed by atoms with Crippen LogP contribution in [-0.2, 0) is 0 Å². The van der Waals surface area contributed by atoms with Gasteiger partial charge < -0.3 is 5.11 Å². The van der Waals surface area contributed by atoms with Gasteiger partial charge in [-0.25, -0.2) is 0 Å². The van der Waals surface area contributed by atoms with Crippen molar-refractivity contribution in [2.75, 3.05) is 19.7 Å². The molecule has 0 radical (unpaired) electrons. The van der Waals surface area contributed by atoms with Gasteiger partial charge in [-0.15, -0.1) is 0 Å². The molecule has 1 N–H and O–H groups in total. The molecule has 1 aromatic rings. The molecule has 0 spiro atoms. The molecule has 0 saturated carbocycles. The number of likely N-dealkylation sites (tertiary alicyclic amines) is 1. The van der Waals surface area contributed by atoms with Gasteiger partial charge in [-0.3, -0.25) is 4.90 Å². The second-order valence-electron chi connectivity index (χ2n) is 5.14. The fourth-order valence-electron chi connectivity index (χ4n) is 2.75. The van der Waals surface area contributed by atoms with Crippen molar-refractivity contribution in [2.45, 2.75) is 38.1 Å². The smallest absolute Gasteiger partial charge is 0.0586 e. The number of aliphatic hydroxyl groups is 1. The lowest BCUT2D eigenvalue weighted by Gasteiger charge is -2.36. The van der Waals surface area contributed by atoms with Crippen molar-refractivity contribution in [2.24, 2.45) is 0 Å². The highest BCUT2D eigenvalue weighted by Gasteiger charge is 2.23. The fourth-order valence-corrected chi connectivity index (χ4v) is 2.75.